The molecule has 0 aliphatic carbocycles. The van der Waals surface area contributed by atoms with Crippen molar-refractivity contribution >= 4 is 17.3 Å². The molecule has 116 valence electrons. The molecule has 0 amide bonds. The first kappa shape index (κ1) is 15.6. The van der Waals surface area contributed by atoms with Crippen LogP contribution >= 0.6 is 0 Å². The molecule has 1 aromatic carbocycles. The van der Waals surface area contributed by atoms with Gasteiger partial charge in [0.2, 0.25) is 0 Å². The lowest BCUT2D eigenvalue weighted by molar-refractivity contribution is 0.0527. The predicted molar refractivity (Wildman–Crippen MR) is 78.8 cm³/mol. The van der Waals surface area contributed by atoms with Gasteiger partial charge in [0.05, 0.1) is 24.0 Å². The van der Waals surface area contributed by atoms with Crippen LogP contribution in [0, 0.1) is 11.7 Å². The van der Waals surface area contributed by atoms with Gasteiger partial charge in [0.25, 0.3) is 0 Å². The summed E-state index contributed by atoms with van der Waals surface area (Å²) in [7, 11) is 0. The van der Waals surface area contributed by atoms with Crippen molar-refractivity contribution in [1.29, 1.82) is 0 Å². The van der Waals surface area contributed by atoms with Crippen LogP contribution in [0.4, 0.5) is 15.8 Å². The highest BCUT2D eigenvalue weighted by atomic mass is 19.1. The lowest BCUT2D eigenvalue weighted by atomic mass is 9.95. The summed E-state index contributed by atoms with van der Waals surface area (Å²) in [6.07, 6.45) is 0.251. The van der Waals surface area contributed by atoms with E-state index >= 15 is 0 Å². The number of ether oxygens (including phenoxy) is 1. The third kappa shape index (κ3) is 3.26. The van der Waals surface area contributed by atoms with Gasteiger partial charge in [0.1, 0.15) is 5.82 Å². The van der Waals surface area contributed by atoms with E-state index in [2.05, 4.69) is 0 Å². The number of hydrogen-bond acceptors (Lipinski definition) is 5. The fourth-order valence-electron chi connectivity index (χ4n) is 2.47. The zero-order chi connectivity index (χ0) is 15.6. The topological polar surface area (TPSA) is 75.8 Å². The van der Waals surface area contributed by atoms with Crippen molar-refractivity contribution < 1.29 is 19.0 Å². The van der Waals surface area contributed by atoms with Crippen LogP contribution in [0.15, 0.2) is 12.1 Å². The minimum Gasteiger partial charge on any atom is -0.462 e. The maximum atomic E-state index is 14.1. The molecule has 0 spiro atoms. The molecule has 1 heterocycles. The maximum Gasteiger partial charge on any atom is 0.340 e. The Bertz CT molecular complexity index is 536. The number of nitrogen functional groups attached to an aromatic ring is 1. The third-order valence-corrected chi connectivity index (χ3v) is 3.87. The number of β-amino-alcohol motifs (C(OH)–C–C–N with tert-alkyl or cyclic N) is 1. The molecule has 1 fully saturated rings. The van der Waals surface area contributed by atoms with Gasteiger partial charge in [0.15, 0.2) is 0 Å². The van der Waals surface area contributed by atoms with E-state index in [1.807, 2.05) is 6.92 Å². The molecule has 1 aromatic rings. The molecular formula is C15H21FN2O3. The number of nitrogens with zero attached hydrogens (tertiary/aromatic N) is 1. The monoisotopic (exact) mass is 296 g/mol. The van der Waals surface area contributed by atoms with Crippen LogP contribution < -0.4 is 10.6 Å². The molecule has 2 unspecified atom stereocenters. The number of nitrogens with two attached hydrogens (primary N) is 1. The van der Waals surface area contributed by atoms with Crippen molar-refractivity contribution in [3.63, 3.8) is 0 Å². The Kier molecular flexibility index (Phi) is 4.67. The summed E-state index contributed by atoms with van der Waals surface area (Å²) >= 11 is 0. The molecule has 0 saturated carbocycles. The first-order valence-electron chi connectivity index (χ1n) is 7.13. The van der Waals surface area contributed by atoms with Gasteiger partial charge in [-0.2, -0.15) is 0 Å². The molecule has 1 saturated heterocycles. The van der Waals surface area contributed by atoms with Crippen LogP contribution in [0.25, 0.3) is 0 Å². The first-order valence-corrected chi connectivity index (χ1v) is 7.13. The summed E-state index contributed by atoms with van der Waals surface area (Å²) in [5.74, 6) is -0.882. The average Bonchev–Trinajstić information content (AvgIpc) is 2.42. The van der Waals surface area contributed by atoms with Gasteiger partial charge >= 0.3 is 5.97 Å². The van der Waals surface area contributed by atoms with Crippen LogP contribution in [-0.2, 0) is 4.74 Å². The number of esters is 1. The highest BCUT2D eigenvalue weighted by molar-refractivity contribution is 5.96. The number of halogens is 1. The number of hydrogen-bond donors (Lipinski definition) is 2. The number of benzene rings is 1. The van der Waals surface area contributed by atoms with E-state index in [1.165, 1.54) is 6.07 Å². The van der Waals surface area contributed by atoms with Crippen molar-refractivity contribution in [3.8, 4) is 0 Å². The van der Waals surface area contributed by atoms with Crippen molar-refractivity contribution in [1.82, 2.24) is 0 Å². The van der Waals surface area contributed by atoms with Crippen molar-refractivity contribution in [2.45, 2.75) is 26.4 Å². The lowest BCUT2D eigenvalue weighted by Crippen LogP contribution is -2.43. The third-order valence-electron chi connectivity index (χ3n) is 3.87. The number of carbonyl (C=O) groups is 1. The molecule has 0 radical (unpaired) electrons. The molecule has 6 heteroatoms. The summed E-state index contributed by atoms with van der Waals surface area (Å²) in [4.78, 5) is 13.6. The largest absolute Gasteiger partial charge is 0.462 e. The van der Waals surface area contributed by atoms with E-state index in [4.69, 9.17) is 10.5 Å². The highest BCUT2D eigenvalue weighted by Gasteiger charge is 2.27. The molecule has 5 nitrogen and oxygen atoms in total. The van der Waals surface area contributed by atoms with Gasteiger partial charge in [-0.15, -0.1) is 0 Å². The number of aliphatic hydroxyl groups is 1. The fraction of sp³-hybridized carbons (Fsp3) is 0.533. The second-order valence-electron chi connectivity index (χ2n) is 5.39. The Morgan fingerprint density at radius 1 is 1.57 bits per heavy atom. The summed E-state index contributed by atoms with van der Waals surface area (Å²) < 4.78 is 19.1. The average molecular weight is 296 g/mol. The zero-order valence-corrected chi connectivity index (χ0v) is 12.3. The normalized spacial score (nSPS) is 22.2. The lowest BCUT2D eigenvalue weighted by Gasteiger charge is -2.36. The van der Waals surface area contributed by atoms with E-state index in [0.717, 1.165) is 12.5 Å². The second-order valence-corrected chi connectivity index (χ2v) is 5.39. The van der Waals surface area contributed by atoms with Crippen molar-refractivity contribution in [2.24, 2.45) is 5.92 Å². The van der Waals surface area contributed by atoms with Gasteiger partial charge in [-0.3, -0.25) is 0 Å². The quantitative estimate of drug-likeness (QED) is 0.657. The van der Waals surface area contributed by atoms with Crippen molar-refractivity contribution in [2.75, 3.05) is 30.3 Å². The molecule has 3 N–H and O–H groups in total. The van der Waals surface area contributed by atoms with Crippen LogP contribution in [0.3, 0.4) is 0 Å². The van der Waals surface area contributed by atoms with Gasteiger partial charge in [-0.05, 0) is 31.4 Å². The molecule has 21 heavy (non-hydrogen) atoms. The Hall–Kier alpha value is -1.82. The van der Waals surface area contributed by atoms with Crippen LogP contribution in [0.2, 0.25) is 0 Å². The Morgan fingerprint density at radius 2 is 2.29 bits per heavy atom. The van der Waals surface area contributed by atoms with Gasteiger partial charge in [0, 0.05) is 18.8 Å². The van der Waals surface area contributed by atoms with Gasteiger partial charge in [-0.25, -0.2) is 9.18 Å². The summed E-state index contributed by atoms with van der Waals surface area (Å²) in [5, 5.41) is 9.94. The number of carbonyl (C=O) groups excluding carboxylic acids is 1. The number of piperidine rings is 1. The van der Waals surface area contributed by atoms with Crippen LogP contribution in [0.5, 0.6) is 0 Å². The van der Waals surface area contributed by atoms with Gasteiger partial charge < -0.3 is 20.5 Å². The fourth-order valence-corrected chi connectivity index (χ4v) is 2.47. The van der Waals surface area contributed by atoms with Crippen LogP contribution in [0.1, 0.15) is 30.6 Å². The molecular weight excluding hydrogens is 275 g/mol. The van der Waals surface area contributed by atoms with E-state index in [0.29, 0.717) is 13.1 Å². The first-order chi connectivity index (χ1) is 9.93. The Morgan fingerprint density at radius 3 is 2.90 bits per heavy atom. The molecule has 0 bridgehead atoms. The second kappa shape index (κ2) is 6.30. The maximum absolute atomic E-state index is 14.1. The number of anilines is 2. The molecule has 0 aromatic heterocycles. The minimum atomic E-state index is -0.567. The van der Waals surface area contributed by atoms with Gasteiger partial charge in [-0.1, -0.05) is 6.92 Å². The van der Waals surface area contributed by atoms with E-state index in [1.54, 1.807) is 11.8 Å². The number of aliphatic hydroxyl groups excluding tert-OH is 1. The molecule has 1 aliphatic rings. The Balaban J connectivity index is 2.31. The summed E-state index contributed by atoms with van der Waals surface area (Å²) in [5.41, 5.74) is 6.18. The van der Waals surface area contributed by atoms with E-state index < -0.39 is 17.9 Å². The smallest absolute Gasteiger partial charge is 0.340 e. The highest BCUT2D eigenvalue weighted by Crippen LogP contribution is 2.29. The van der Waals surface area contributed by atoms with Crippen molar-refractivity contribution in [3.05, 3.63) is 23.5 Å². The van der Waals surface area contributed by atoms with E-state index in [-0.39, 0.29) is 29.5 Å². The number of rotatable bonds is 3. The molecule has 1 aliphatic heterocycles. The molecule has 2 rings (SSSR count). The molecule has 2 atom stereocenters. The van der Waals surface area contributed by atoms with E-state index in [9.17, 15) is 14.3 Å². The SMILES string of the molecule is CCOC(=O)c1cc(N2CCC(C)C(O)C2)c(F)cc1N. The summed E-state index contributed by atoms with van der Waals surface area (Å²) in [6, 6.07) is 2.54. The Labute approximate surface area is 123 Å². The standard InChI is InChI=1S/C15H21FN2O3/c1-3-21-15(20)10-6-13(11(16)7-12(10)17)18-5-4-9(2)14(19)8-18/h6-7,9,14,19H,3-5,8,17H2,1-2H3. The minimum absolute atomic E-state index is 0.0561. The zero-order valence-electron chi connectivity index (χ0n) is 12.3. The predicted octanol–water partition coefficient (Wildman–Crippen LogP) is 1.79. The van der Waals surface area contributed by atoms with Crippen LogP contribution in [-0.4, -0.2) is 36.9 Å². The summed E-state index contributed by atoms with van der Waals surface area (Å²) in [6.45, 7) is 4.85.